The van der Waals surface area contributed by atoms with Crippen molar-refractivity contribution >= 4 is 5.97 Å². The van der Waals surface area contributed by atoms with Crippen LogP contribution in [0.3, 0.4) is 0 Å². The van der Waals surface area contributed by atoms with Crippen LogP contribution in [-0.2, 0) is 4.79 Å². The molecule has 1 saturated heterocycles. The third kappa shape index (κ3) is 3.47. The second-order valence-electron chi connectivity index (χ2n) is 5.68. The highest BCUT2D eigenvalue weighted by molar-refractivity contribution is 5.74. The molecule has 1 unspecified atom stereocenters. The number of rotatable bonds is 7. The molecule has 106 valence electrons. The monoisotopic (exact) mass is 255 g/mol. The molecule has 0 aromatic rings. The van der Waals surface area contributed by atoms with Crippen molar-refractivity contribution in [1.29, 1.82) is 0 Å². The Balaban J connectivity index is 2.53. The molecule has 1 aliphatic heterocycles. The minimum Gasteiger partial charge on any atom is -0.481 e. The molecule has 1 fully saturated rings. The van der Waals surface area contributed by atoms with Gasteiger partial charge in [0.2, 0.25) is 0 Å². The normalized spacial score (nSPS) is 21.7. The lowest BCUT2D eigenvalue weighted by atomic mass is 9.76. The zero-order chi connectivity index (χ0) is 13.6. The molecule has 1 aliphatic rings. The van der Waals surface area contributed by atoms with Gasteiger partial charge in [-0.15, -0.1) is 0 Å². The van der Waals surface area contributed by atoms with E-state index in [1.165, 1.54) is 25.7 Å². The second-order valence-corrected chi connectivity index (χ2v) is 5.68. The maximum atomic E-state index is 11.4. The highest BCUT2D eigenvalue weighted by atomic mass is 16.4. The molecule has 1 N–H and O–H groups in total. The number of hydrogen-bond acceptors (Lipinski definition) is 2. The third-order valence-electron chi connectivity index (χ3n) is 4.76. The third-order valence-corrected chi connectivity index (χ3v) is 4.76. The van der Waals surface area contributed by atoms with Crippen molar-refractivity contribution in [3.05, 3.63) is 0 Å². The van der Waals surface area contributed by atoms with Crippen LogP contribution < -0.4 is 0 Å². The Labute approximate surface area is 112 Å². The van der Waals surface area contributed by atoms with Gasteiger partial charge in [-0.25, -0.2) is 0 Å². The van der Waals surface area contributed by atoms with E-state index in [9.17, 15) is 9.90 Å². The van der Waals surface area contributed by atoms with Crippen molar-refractivity contribution < 1.29 is 9.90 Å². The molecular weight excluding hydrogens is 226 g/mol. The Hall–Kier alpha value is -0.570. The highest BCUT2D eigenvalue weighted by Gasteiger charge is 2.40. The quantitative estimate of drug-likeness (QED) is 0.756. The number of unbranched alkanes of at least 4 members (excludes halogenated alkanes) is 1. The number of piperidine rings is 1. The molecule has 3 nitrogen and oxygen atoms in total. The number of aliphatic carboxylic acids is 1. The van der Waals surface area contributed by atoms with Gasteiger partial charge in [-0.2, -0.15) is 0 Å². The molecule has 0 aromatic carbocycles. The summed E-state index contributed by atoms with van der Waals surface area (Å²) in [7, 11) is 0. The topological polar surface area (TPSA) is 40.5 Å². The molecule has 0 bridgehead atoms. The molecule has 1 rings (SSSR count). The maximum Gasteiger partial charge on any atom is 0.309 e. The summed E-state index contributed by atoms with van der Waals surface area (Å²) in [5, 5.41) is 9.39. The van der Waals surface area contributed by atoms with E-state index in [4.69, 9.17) is 0 Å². The van der Waals surface area contributed by atoms with Crippen LogP contribution in [0.1, 0.15) is 65.7 Å². The molecule has 0 amide bonds. The van der Waals surface area contributed by atoms with E-state index in [1.807, 2.05) is 6.92 Å². The fourth-order valence-electron chi connectivity index (χ4n) is 3.12. The lowest BCUT2D eigenvalue weighted by Crippen LogP contribution is -2.47. The standard InChI is InChI=1S/C15H29NO2/c1-4-7-8-13(5-2)16-11-9-15(6-3,10-12-16)14(17)18/h13H,4-12H2,1-3H3,(H,17,18). The van der Waals surface area contributed by atoms with Crippen LogP contribution in [0.4, 0.5) is 0 Å². The summed E-state index contributed by atoms with van der Waals surface area (Å²) in [4.78, 5) is 13.9. The van der Waals surface area contributed by atoms with Crippen molar-refractivity contribution in [2.45, 2.75) is 71.8 Å². The van der Waals surface area contributed by atoms with Gasteiger partial charge in [0, 0.05) is 6.04 Å². The summed E-state index contributed by atoms with van der Waals surface area (Å²) in [6, 6.07) is 0.661. The van der Waals surface area contributed by atoms with Gasteiger partial charge in [0.15, 0.2) is 0 Å². The van der Waals surface area contributed by atoms with Crippen molar-refractivity contribution in [2.75, 3.05) is 13.1 Å². The largest absolute Gasteiger partial charge is 0.481 e. The number of carboxylic acids is 1. The van der Waals surface area contributed by atoms with Crippen LogP contribution in [0.2, 0.25) is 0 Å². The Morgan fingerprint density at radius 2 is 1.89 bits per heavy atom. The molecule has 3 heteroatoms. The van der Waals surface area contributed by atoms with Gasteiger partial charge in [0.25, 0.3) is 0 Å². The number of carboxylic acid groups (broad SMARTS) is 1. The van der Waals surface area contributed by atoms with E-state index in [2.05, 4.69) is 18.7 Å². The van der Waals surface area contributed by atoms with Gasteiger partial charge in [-0.3, -0.25) is 4.79 Å². The number of carbonyl (C=O) groups is 1. The number of nitrogens with zero attached hydrogens (tertiary/aromatic N) is 1. The average molecular weight is 255 g/mol. The zero-order valence-corrected chi connectivity index (χ0v) is 12.2. The summed E-state index contributed by atoms with van der Waals surface area (Å²) < 4.78 is 0. The molecule has 1 atom stereocenters. The Kier molecular flexibility index (Phi) is 6.13. The highest BCUT2D eigenvalue weighted by Crippen LogP contribution is 2.36. The van der Waals surface area contributed by atoms with Crippen LogP contribution in [0.15, 0.2) is 0 Å². The molecule has 0 aliphatic carbocycles. The van der Waals surface area contributed by atoms with Crippen LogP contribution in [-0.4, -0.2) is 35.1 Å². The van der Waals surface area contributed by atoms with Crippen molar-refractivity contribution in [2.24, 2.45) is 5.41 Å². The van der Waals surface area contributed by atoms with E-state index in [0.717, 1.165) is 32.4 Å². The first kappa shape index (κ1) is 15.5. The second kappa shape index (κ2) is 7.13. The minimum atomic E-state index is -0.591. The molecule has 0 aromatic heterocycles. The smallest absolute Gasteiger partial charge is 0.309 e. The fraction of sp³-hybridized carbons (Fsp3) is 0.933. The van der Waals surface area contributed by atoms with Gasteiger partial charge in [0.05, 0.1) is 5.41 Å². The van der Waals surface area contributed by atoms with Gasteiger partial charge in [-0.1, -0.05) is 33.6 Å². The van der Waals surface area contributed by atoms with E-state index in [-0.39, 0.29) is 0 Å². The van der Waals surface area contributed by atoms with Gasteiger partial charge >= 0.3 is 5.97 Å². The van der Waals surface area contributed by atoms with Gasteiger partial charge in [-0.05, 0) is 45.2 Å². The first-order valence-corrected chi connectivity index (χ1v) is 7.57. The summed E-state index contributed by atoms with van der Waals surface area (Å²) in [5.41, 5.74) is -0.445. The van der Waals surface area contributed by atoms with Gasteiger partial charge in [0.1, 0.15) is 0 Å². The van der Waals surface area contributed by atoms with Crippen LogP contribution >= 0.6 is 0 Å². The van der Waals surface area contributed by atoms with E-state index >= 15 is 0 Å². The van der Waals surface area contributed by atoms with E-state index < -0.39 is 11.4 Å². The summed E-state index contributed by atoms with van der Waals surface area (Å²) in [6.07, 6.45) is 7.39. The molecule has 0 spiro atoms. The number of hydrogen-bond donors (Lipinski definition) is 1. The molecule has 0 saturated carbocycles. The van der Waals surface area contributed by atoms with Gasteiger partial charge < -0.3 is 10.0 Å². The zero-order valence-electron chi connectivity index (χ0n) is 12.2. The SMILES string of the molecule is CCCCC(CC)N1CCC(CC)(C(=O)O)CC1. The van der Waals surface area contributed by atoms with E-state index in [1.54, 1.807) is 0 Å². The van der Waals surface area contributed by atoms with Crippen LogP contribution in [0.5, 0.6) is 0 Å². The maximum absolute atomic E-state index is 11.4. The fourth-order valence-corrected chi connectivity index (χ4v) is 3.12. The molecule has 0 radical (unpaired) electrons. The Morgan fingerprint density at radius 1 is 1.28 bits per heavy atom. The predicted molar refractivity (Wildman–Crippen MR) is 74.8 cm³/mol. The predicted octanol–water partition coefficient (Wildman–Crippen LogP) is 3.53. The molecule has 18 heavy (non-hydrogen) atoms. The van der Waals surface area contributed by atoms with Crippen molar-refractivity contribution in [3.63, 3.8) is 0 Å². The van der Waals surface area contributed by atoms with Crippen LogP contribution in [0, 0.1) is 5.41 Å². The Bertz CT molecular complexity index is 257. The first-order chi connectivity index (χ1) is 8.59. The van der Waals surface area contributed by atoms with Crippen molar-refractivity contribution in [1.82, 2.24) is 4.90 Å². The summed E-state index contributed by atoms with van der Waals surface area (Å²) in [5.74, 6) is -0.591. The Morgan fingerprint density at radius 3 is 2.28 bits per heavy atom. The van der Waals surface area contributed by atoms with E-state index in [0.29, 0.717) is 6.04 Å². The number of likely N-dealkylation sites (tertiary alicyclic amines) is 1. The lowest BCUT2D eigenvalue weighted by Gasteiger charge is -2.41. The van der Waals surface area contributed by atoms with Crippen LogP contribution in [0.25, 0.3) is 0 Å². The first-order valence-electron chi connectivity index (χ1n) is 7.57. The molecule has 1 heterocycles. The average Bonchev–Trinajstić information content (AvgIpc) is 2.40. The molecular formula is C15H29NO2. The van der Waals surface area contributed by atoms with Crippen molar-refractivity contribution in [3.8, 4) is 0 Å². The minimum absolute atomic E-state index is 0.445. The summed E-state index contributed by atoms with van der Waals surface area (Å²) >= 11 is 0. The lowest BCUT2D eigenvalue weighted by molar-refractivity contribution is -0.152. The summed E-state index contributed by atoms with van der Waals surface area (Å²) in [6.45, 7) is 8.41.